The summed E-state index contributed by atoms with van der Waals surface area (Å²) in [5.74, 6) is 1.56. The van der Waals surface area contributed by atoms with Crippen LogP contribution in [0.4, 0.5) is 4.79 Å². The SMILES string of the molecule is CC(C)CN1CCCC(CNC(=O)N2CCC(C)C(O)C2)C1. The quantitative estimate of drug-likeness (QED) is 0.832. The van der Waals surface area contributed by atoms with E-state index in [0.717, 1.165) is 32.6 Å². The fourth-order valence-electron chi connectivity index (χ4n) is 3.58. The number of piperidine rings is 2. The molecule has 2 fully saturated rings. The Morgan fingerprint density at radius 2 is 2.05 bits per heavy atom. The van der Waals surface area contributed by atoms with Crippen LogP contribution in [0, 0.1) is 17.8 Å². The molecule has 0 radical (unpaired) electrons. The summed E-state index contributed by atoms with van der Waals surface area (Å²) in [6.45, 7) is 12.0. The van der Waals surface area contributed by atoms with Gasteiger partial charge in [-0.15, -0.1) is 0 Å². The number of aliphatic hydroxyl groups excluding tert-OH is 1. The molecule has 128 valence electrons. The van der Waals surface area contributed by atoms with Gasteiger partial charge in [-0.2, -0.15) is 0 Å². The minimum absolute atomic E-state index is 0.00747. The van der Waals surface area contributed by atoms with Gasteiger partial charge in [-0.3, -0.25) is 0 Å². The second-order valence-electron chi connectivity index (χ2n) is 7.63. The number of hydrogen-bond donors (Lipinski definition) is 2. The Morgan fingerprint density at radius 3 is 2.73 bits per heavy atom. The van der Waals surface area contributed by atoms with Gasteiger partial charge < -0.3 is 20.2 Å². The van der Waals surface area contributed by atoms with Gasteiger partial charge in [-0.25, -0.2) is 4.79 Å². The lowest BCUT2D eigenvalue weighted by atomic mass is 9.96. The highest BCUT2D eigenvalue weighted by Crippen LogP contribution is 2.18. The minimum Gasteiger partial charge on any atom is -0.391 e. The zero-order valence-electron chi connectivity index (χ0n) is 14.4. The average Bonchev–Trinajstić information content (AvgIpc) is 2.47. The van der Waals surface area contributed by atoms with Gasteiger partial charge in [0.2, 0.25) is 0 Å². The molecule has 2 rings (SSSR count). The lowest BCUT2D eigenvalue weighted by Crippen LogP contribution is -2.51. The molecule has 5 heteroatoms. The zero-order valence-corrected chi connectivity index (χ0v) is 14.4. The van der Waals surface area contributed by atoms with Gasteiger partial charge in [0.25, 0.3) is 0 Å². The number of carbonyl (C=O) groups excluding carboxylic acids is 1. The molecule has 0 saturated carbocycles. The number of aliphatic hydroxyl groups is 1. The summed E-state index contributed by atoms with van der Waals surface area (Å²) in [5, 5.41) is 13.0. The van der Waals surface area contributed by atoms with E-state index in [1.165, 1.54) is 19.4 Å². The highest BCUT2D eigenvalue weighted by atomic mass is 16.3. The van der Waals surface area contributed by atoms with E-state index >= 15 is 0 Å². The number of hydrogen-bond acceptors (Lipinski definition) is 3. The lowest BCUT2D eigenvalue weighted by Gasteiger charge is -2.36. The van der Waals surface area contributed by atoms with E-state index in [0.29, 0.717) is 24.3 Å². The number of likely N-dealkylation sites (tertiary alicyclic amines) is 2. The van der Waals surface area contributed by atoms with Gasteiger partial charge in [0, 0.05) is 32.7 Å². The molecule has 2 saturated heterocycles. The van der Waals surface area contributed by atoms with Crippen molar-refractivity contribution in [2.24, 2.45) is 17.8 Å². The summed E-state index contributed by atoms with van der Waals surface area (Å²) in [4.78, 5) is 16.5. The van der Waals surface area contributed by atoms with E-state index in [4.69, 9.17) is 0 Å². The van der Waals surface area contributed by atoms with Crippen molar-refractivity contribution in [1.29, 1.82) is 0 Å². The van der Waals surface area contributed by atoms with E-state index in [1.807, 2.05) is 6.92 Å². The first-order chi connectivity index (χ1) is 10.5. The predicted molar refractivity (Wildman–Crippen MR) is 88.8 cm³/mol. The van der Waals surface area contributed by atoms with Crippen LogP contribution in [0.5, 0.6) is 0 Å². The molecule has 2 aliphatic rings. The Bertz CT molecular complexity index is 362. The largest absolute Gasteiger partial charge is 0.391 e. The highest BCUT2D eigenvalue weighted by molar-refractivity contribution is 5.74. The third-order valence-electron chi connectivity index (χ3n) is 4.97. The van der Waals surface area contributed by atoms with Crippen molar-refractivity contribution in [3.63, 3.8) is 0 Å². The summed E-state index contributed by atoms with van der Waals surface area (Å²) in [6.07, 6.45) is 2.94. The third kappa shape index (κ3) is 5.13. The number of nitrogens with zero attached hydrogens (tertiary/aromatic N) is 2. The molecule has 2 heterocycles. The smallest absolute Gasteiger partial charge is 0.317 e. The molecule has 2 amide bonds. The number of nitrogens with one attached hydrogen (secondary N) is 1. The van der Waals surface area contributed by atoms with E-state index in [1.54, 1.807) is 4.90 Å². The number of urea groups is 1. The second kappa shape index (κ2) is 8.16. The van der Waals surface area contributed by atoms with E-state index in [-0.39, 0.29) is 12.1 Å². The van der Waals surface area contributed by atoms with Crippen LogP contribution in [0.15, 0.2) is 0 Å². The van der Waals surface area contributed by atoms with Crippen LogP contribution in [0.1, 0.15) is 40.0 Å². The molecule has 3 atom stereocenters. The lowest BCUT2D eigenvalue weighted by molar-refractivity contribution is 0.0431. The van der Waals surface area contributed by atoms with Crippen molar-refractivity contribution in [1.82, 2.24) is 15.1 Å². The monoisotopic (exact) mass is 311 g/mol. The summed E-state index contributed by atoms with van der Waals surface area (Å²) in [7, 11) is 0. The minimum atomic E-state index is -0.379. The maximum absolute atomic E-state index is 12.2. The number of amides is 2. The average molecular weight is 311 g/mol. The van der Waals surface area contributed by atoms with Crippen molar-refractivity contribution in [2.45, 2.75) is 46.1 Å². The van der Waals surface area contributed by atoms with Crippen molar-refractivity contribution in [3.05, 3.63) is 0 Å². The summed E-state index contributed by atoms with van der Waals surface area (Å²) < 4.78 is 0. The van der Waals surface area contributed by atoms with Crippen molar-refractivity contribution < 1.29 is 9.90 Å². The van der Waals surface area contributed by atoms with Crippen LogP contribution in [0.3, 0.4) is 0 Å². The fourth-order valence-corrected chi connectivity index (χ4v) is 3.58. The third-order valence-corrected chi connectivity index (χ3v) is 4.97. The van der Waals surface area contributed by atoms with Crippen molar-refractivity contribution >= 4 is 6.03 Å². The molecule has 5 nitrogen and oxygen atoms in total. The molecule has 0 aromatic carbocycles. The predicted octanol–water partition coefficient (Wildman–Crippen LogP) is 1.77. The molecule has 0 aromatic rings. The normalized spacial score (nSPS) is 30.6. The molecule has 0 bridgehead atoms. The molecule has 3 unspecified atom stereocenters. The van der Waals surface area contributed by atoms with Gasteiger partial charge in [-0.1, -0.05) is 20.8 Å². The Balaban J connectivity index is 1.71. The molecule has 0 aliphatic carbocycles. The summed E-state index contributed by atoms with van der Waals surface area (Å²) >= 11 is 0. The Morgan fingerprint density at radius 1 is 1.27 bits per heavy atom. The Hall–Kier alpha value is -0.810. The highest BCUT2D eigenvalue weighted by Gasteiger charge is 2.28. The standard InChI is InChI=1S/C17H33N3O2/c1-13(2)10-19-7-4-5-15(11-19)9-18-17(22)20-8-6-14(3)16(21)12-20/h13-16,21H,4-12H2,1-3H3,(H,18,22). The molecule has 0 aromatic heterocycles. The second-order valence-corrected chi connectivity index (χ2v) is 7.63. The number of β-amino-alcohol motifs (C(OH)–C–C–N with tert-alkyl or cyclic N) is 1. The van der Waals surface area contributed by atoms with Crippen LogP contribution in [0.2, 0.25) is 0 Å². The van der Waals surface area contributed by atoms with Crippen LogP contribution < -0.4 is 5.32 Å². The van der Waals surface area contributed by atoms with Crippen LogP contribution in [-0.4, -0.2) is 66.3 Å². The first-order valence-corrected chi connectivity index (χ1v) is 8.89. The van der Waals surface area contributed by atoms with Gasteiger partial charge in [-0.05, 0) is 43.6 Å². The van der Waals surface area contributed by atoms with Crippen LogP contribution >= 0.6 is 0 Å². The molecule has 0 spiro atoms. The number of carbonyl (C=O) groups is 1. The molecule has 2 N–H and O–H groups in total. The maximum Gasteiger partial charge on any atom is 0.317 e. The maximum atomic E-state index is 12.2. The molecular formula is C17H33N3O2. The fraction of sp³-hybridized carbons (Fsp3) is 0.941. The first-order valence-electron chi connectivity index (χ1n) is 8.89. The van der Waals surface area contributed by atoms with Gasteiger partial charge in [0.1, 0.15) is 0 Å². The Kier molecular flexibility index (Phi) is 6.50. The summed E-state index contributed by atoms with van der Waals surface area (Å²) in [5.41, 5.74) is 0. The van der Waals surface area contributed by atoms with Gasteiger partial charge in [0.15, 0.2) is 0 Å². The van der Waals surface area contributed by atoms with E-state index in [2.05, 4.69) is 24.1 Å². The zero-order chi connectivity index (χ0) is 16.1. The van der Waals surface area contributed by atoms with Crippen LogP contribution in [-0.2, 0) is 0 Å². The molecule has 22 heavy (non-hydrogen) atoms. The van der Waals surface area contributed by atoms with Gasteiger partial charge >= 0.3 is 6.03 Å². The number of rotatable bonds is 4. The van der Waals surface area contributed by atoms with Crippen LogP contribution in [0.25, 0.3) is 0 Å². The van der Waals surface area contributed by atoms with Gasteiger partial charge in [0.05, 0.1) is 6.10 Å². The summed E-state index contributed by atoms with van der Waals surface area (Å²) in [6, 6.07) is -0.00747. The molecule has 2 aliphatic heterocycles. The van der Waals surface area contributed by atoms with E-state index < -0.39 is 0 Å². The van der Waals surface area contributed by atoms with Crippen molar-refractivity contribution in [2.75, 3.05) is 39.3 Å². The van der Waals surface area contributed by atoms with Crippen molar-refractivity contribution in [3.8, 4) is 0 Å². The first kappa shape index (κ1) is 17.5. The molecular weight excluding hydrogens is 278 g/mol. The van der Waals surface area contributed by atoms with E-state index in [9.17, 15) is 9.90 Å². The topological polar surface area (TPSA) is 55.8 Å². The Labute approximate surface area is 135 Å².